The molecular weight excluding hydrogens is 359 g/mol. The van der Waals surface area contributed by atoms with Gasteiger partial charge in [0.25, 0.3) is 5.56 Å². The fourth-order valence-corrected chi connectivity index (χ4v) is 4.15. The van der Waals surface area contributed by atoms with Gasteiger partial charge < -0.3 is 4.74 Å². The fraction of sp³-hybridized carbons (Fsp3) is 0.400. The number of para-hydroxylation sites is 1. The summed E-state index contributed by atoms with van der Waals surface area (Å²) in [6, 6.07) is 7.04. The smallest absolute Gasteiger partial charge is 0.325 e. The first-order valence-electron chi connectivity index (χ1n) is 6.99. The number of hydrogen-bond acceptors (Lipinski definition) is 5. The highest BCUT2D eigenvalue weighted by atomic mass is 35.5. The molecule has 5 nitrogen and oxygen atoms in total. The van der Waals surface area contributed by atoms with Crippen LogP contribution in [0.15, 0.2) is 34.2 Å². The maximum absolute atomic E-state index is 12.6. The summed E-state index contributed by atoms with van der Waals surface area (Å²) in [5.74, 6) is 0.297. The van der Waals surface area contributed by atoms with Crippen molar-refractivity contribution < 1.29 is 9.53 Å². The number of aromatic nitrogens is 2. The number of rotatable bonds is 5. The van der Waals surface area contributed by atoms with Gasteiger partial charge in [-0.15, -0.1) is 23.2 Å². The van der Waals surface area contributed by atoms with E-state index in [0.29, 0.717) is 21.8 Å². The van der Waals surface area contributed by atoms with E-state index in [1.54, 1.807) is 18.2 Å². The Morgan fingerprint density at radius 2 is 2.17 bits per heavy atom. The molecule has 3 rings (SSSR count). The van der Waals surface area contributed by atoms with E-state index in [4.69, 9.17) is 23.2 Å². The minimum Gasteiger partial charge on any atom is -0.468 e. The lowest BCUT2D eigenvalue weighted by atomic mass is 10.2. The first-order valence-corrected chi connectivity index (χ1v) is 8.73. The van der Waals surface area contributed by atoms with Crippen LogP contribution in [-0.2, 0) is 16.1 Å². The van der Waals surface area contributed by atoms with Crippen LogP contribution in [0, 0.1) is 5.92 Å². The third-order valence-electron chi connectivity index (χ3n) is 3.71. The van der Waals surface area contributed by atoms with E-state index in [9.17, 15) is 9.59 Å². The molecule has 1 aliphatic carbocycles. The molecule has 122 valence electrons. The second kappa shape index (κ2) is 6.34. The van der Waals surface area contributed by atoms with E-state index in [2.05, 4.69) is 9.72 Å². The Kier molecular flexibility index (Phi) is 4.58. The quantitative estimate of drug-likeness (QED) is 0.349. The van der Waals surface area contributed by atoms with Crippen LogP contribution in [0.2, 0.25) is 0 Å². The van der Waals surface area contributed by atoms with Crippen molar-refractivity contribution in [2.75, 3.05) is 12.9 Å². The summed E-state index contributed by atoms with van der Waals surface area (Å²) in [4.78, 5) is 28.8. The molecule has 0 bridgehead atoms. The molecule has 0 N–H and O–H groups in total. The van der Waals surface area contributed by atoms with Crippen LogP contribution in [0.25, 0.3) is 10.9 Å². The van der Waals surface area contributed by atoms with Gasteiger partial charge in [-0.3, -0.25) is 14.2 Å². The number of benzene rings is 1. The van der Waals surface area contributed by atoms with Crippen molar-refractivity contribution >= 4 is 51.8 Å². The number of ether oxygens (including phenoxy) is 1. The molecule has 1 saturated carbocycles. The predicted molar refractivity (Wildman–Crippen MR) is 91.3 cm³/mol. The van der Waals surface area contributed by atoms with E-state index < -0.39 is 10.3 Å². The molecule has 0 spiro atoms. The number of fused-ring (bicyclic) bond motifs is 1. The molecule has 1 heterocycles. The van der Waals surface area contributed by atoms with Crippen LogP contribution in [0.1, 0.15) is 6.42 Å². The second-order valence-corrected chi connectivity index (χ2v) is 7.88. The van der Waals surface area contributed by atoms with Crippen LogP contribution >= 0.6 is 35.0 Å². The van der Waals surface area contributed by atoms with Crippen LogP contribution in [0.4, 0.5) is 0 Å². The summed E-state index contributed by atoms with van der Waals surface area (Å²) < 4.78 is 5.32. The van der Waals surface area contributed by atoms with Crippen LogP contribution in [-0.4, -0.2) is 32.7 Å². The van der Waals surface area contributed by atoms with Gasteiger partial charge in [-0.25, -0.2) is 4.98 Å². The SMILES string of the molecule is COC(=O)Cn1c(SCC2CC2(Cl)Cl)nc2ccccc2c1=O. The zero-order valence-electron chi connectivity index (χ0n) is 12.3. The van der Waals surface area contributed by atoms with Crippen molar-refractivity contribution in [3.63, 3.8) is 0 Å². The topological polar surface area (TPSA) is 61.2 Å². The molecule has 0 radical (unpaired) electrons. The molecule has 1 aromatic heterocycles. The number of carbonyl (C=O) groups excluding carboxylic acids is 1. The maximum atomic E-state index is 12.6. The van der Waals surface area contributed by atoms with Crippen molar-refractivity contribution in [3.8, 4) is 0 Å². The van der Waals surface area contributed by atoms with Gasteiger partial charge in [-0.1, -0.05) is 23.9 Å². The van der Waals surface area contributed by atoms with E-state index in [0.717, 1.165) is 6.42 Å². The molecule has 1 fully saturated rings. The summed E-state index contributed by atoms with van der Waals surface area (Å²) >= 11 is 13.4. The monoisotopic (exact) mass is 372 g/mol. The van der Waals surface area contributed by atoms with E-state index in [1.807, 2.05) is 6.07 Å². The Morgan fingerprint density at radius 1 is 1.48 bits per heavy atom. The van der Waals surface area contributed by atoms with Gasteiger partial charge in [0.2, 0.25) is 0 Å². The first-order chi connectivity index (χ1) is 10.9. The van der Waals surface area contributed by atoms with Gasteiger partial charge in [0.05, 0.1) is 18.0 Å². The number of halogens is 2. The highest BCUT2D eigenvalue weighted by Gasteiger charge is 2.51. The number of alkyl halides is 2. The molecule has 0 aliphatic heterocycles. The molecule has 1 aliphatic rings. The number of carbonyl (C=O) groups is 1. The molecule has 1 unspecified atom stereocenters. The predicted octanol–water partition coefficient (Wildman–Crippen LogP) is 2.86. The lowest BCUT2D eigenvalue weighted by Crippen LogP contribution is -2.27. The maximum Gasteiger partial charge on any atom is 0.325 e. The number of thioether (sulfide) groups is 1. The summed E-state index contributed by atoms with van der Waals surface area (Å²) in [6.07, 6.45) is 0.720. The molecule has 0 amide bonds. The molecule has 1 atom stereocenters. The second-order valence-electron chi connectivity index (χ2n) is 5.35. The normalized spacial score (nSPS) is 18.8. The van der Waals surface area contributed by atoms with Gasteiger partial charge in [0.1, 0.15) is 10.9 Å². The highest BCUT2D eigenvalue weighted by molar-refractivity contribution is 7.99. The average molecular weight is 373 g/mol. The largest absolute Gasteiger partial charge is 0.468 e. The van der Waals surface area contributed by atoms with Gasteiger partial charge in [0, 0.05) is 11.7 Å². The Hall–Kier alpha value is -1.24. The zero-order valence-corrected chi connectivity index (χ0v) is 14.6. The average Bonchev–Trinajstić information content (AvgIpc) is 3.15. The molecule has 0 saturated heterocycles. The lowest BCUT2D eigenvalue weighted by molar-refractivity contribution is -0.141. The molecule has 1 aromatic carbocycles. The summed E-state index contributed by atoms with van der Waals surface area (Å²) in [5, 5.41) is 0.936. The third kappa shape index (κ3) is 3.49. The summed E-state index contributed by atoms with van der Waals surface area (Å²) in [6.45, 7) is -0.174. The Balaban J connectivity index is 1.97. The van der Waals surface area contributed by atoms with Gasteiger partial charge in [0.15, 0.2) is 5.16 Å². The highest BCUT2D eigenvalue weighted by Crippen LogP contribution is 2.54. The van der Waals surface area contributed by atoms with E-state index >= 15 is 0 Å². The molecule has 8 heteroatoms. The first kappa shape index (κ1) is 16.6. The fourth-order valence-electron chi connectivity index (χ4n) is 2.22. The minimum absolute atomic E-state index is 0.158. The third-order valence-corrected chi connectivity index (χ3v) is 5.78. The standard InChI is InChI=1S/C15H14Cl2N2O3S/c1-22-12(20)7-19-13(21)10-4-2-3-5-11(10)18-14(19)23-8-9-6-15(9,16)17/h2-5,9H,6-8H2,1H3. The van der Waals surface area contributed by atoms with Crippen LogP contribution in [0.3, 0.4) is 0 Å². The number of nitrogens with zero attached hydrogens (tertiary/aromatic N) is 2. The number of hydrogen-bond donors (Lipinski definition) is 0. The Bertz CT molecular complexity index is 822. The molecule has 23 heavy (non-hydrogen) atoms. The van der Waals surface area contributed by atoms with Crippen molar-refractivity contribution in [2.24, 2.45) is 5.92 Å². The van der Waals surface area contributed by atoms with Gasteiger partial charge >= 0.3 is 5.97 Å². The van der Waals surface area contributed by atoms with Gasteiger partial charge in [-0.2, -0.15) is 0 Å². The van der Waals surface area contributed by atoms with Gasteiger partial charge in [-0.05, 0) is 18.6 Å². The van der Waals surface area contributed by atoms with Crippen molar-refractivity contribution in [3.05, 3.63) is 34.6 Å². The Labute approximate surface area is 146 Å². The van der Waals surface area contributed by atoms with Crippen molar-refractivity contribution in [2.45, 2.75) is 22.5 Å². The number of esters is 1. The summed E-state index contributed by atoms with van der Waals surface area (Å²) in [5.41, 5.74) is 0.335. The number of methoxy groups -OCH3 is 1. The van der Waals surface area contributed by atoms with E-state index in [-0.39, 0.29) is 18.0 Å². The lowest BCUT2D eigenvalue weighted by Gasteiger charge is -2.12. The zero-order chi connectivity index (χ0) is 16.6. The van der Waals surface area contributed by atoms with Crippen molar-refractivity contribution in [1.29, 1.82) is 0 Å². The molecule has 2 aromatic rings. The minimum atomic E-state index is -0.683. The van der Waals surface area contributed by atoms with Crippen LogP contribution in [0.5, 0.6) is 0 Å². The Morgan fingerprint density at radius 3 is 2.83 bits per heavy atom. The van der Waals surface area contributed by atoms with Crippen LogP contribution < -0.4 is 5.56 Å². The van der Waals surface area contributed by atoms with Crippen molar-refractivity contribution in [1.82, 2.24) is 9.55 Å². The molecular formula is C15H14Cl2N2O3S. The van der Waals surface area contributed by atoms with E-state index in [1.165, 1.54) is 23.4 Å². The summed E-state index contributed by atoms with van der Waals surface area (Å²) in [7, 11) is 1.29.